The predicted octanol–water partition coefficient (Wildman–Crippen LogP) is 7.09. The Bertz CT molecular complexity index is 1440. The molecule has 5 rings (SSSR count). The van der Waals surface area contributed by atoms with Crippen LogP contribution in [0.3, 0.4) is 0 Å². The molecule has 0 radical (unpaired) electrons. The Morgan fingerprint density at radius 2 is 1.83 bits per heavy atom. The maximum absolute atomic E-state index is 15.3. The maximum atomic E-state index is 15.3. The molecule has 0 aromatic heterocycles. The van der Waals surface area contributed by atoms with Gasteiger partial charge < -0.3 is 24.2 Å². The van der Waals surface area contributed by atoms with Gasteiger partial charge in [0.05, 0.1) is 19.6 Å². The Morgan fingerprint density at radius 1 is 1.10 bits per heavy atom. The lowest BCUT2D eigenvalue weighted by Gasteiger charge is -2.28. The number of halogens is 1. The smallest absolute Gasteiger partial charge is 0.304 e. The highest BCUT2D eigenvalue weighted by atomic mass is 19.1. The van der Waals surface area contributed by atoms with Crippen molar-refractivity contribution in [2.75, 3.05) is 33.9 Å². The highest BCUT2D eigenvalue weighted by molar-refractivity contribution is 5.76. The number of carboxylic acids is 1. The van der Waals surface area contributed by atoms with Crippen LogP contribution < -0.4 is 14.2 Å². The summed E-state index contributed by atoms with van der Waals surface area (Å²) < 4.78 is 33.6. The summed E-state index contributed by atoms with van der Waals surface area (Å²) in [7, 11) is 4.14. The molecule has 7 heteroatoms. The monoisotopic (exact) mass is 561 g/mol. The van der Waals surface area contributed by atoms with Crippen LogP contribution in [0.2, 0.25) is 0 Å². The van der Waals surface area contributed by atoms with Gasteiger partial charge in [-0.3, -0.25) is 4.79 Å². The Morgan fingerprint density at radius 3 is 2.51 bits per heavy atom. The third kappa shape index (κ3) is 6.20. The van der Waals surface area contributed by atoms with Gasteiger partial charge in [0.25, 0.3) is 0 Å². The van der Waals surface area contributed by atoms with Crippen molar-refractivity contribution in [3.63, 3.8) is 0 Å². The summed E-state index contributed by atoms with van der Waals surface area (Å²) in [5, 5.41) is 9.17. The van der Waals surface area contributed by atoms with Gasteiger partial charge in [0.1, 0.15) is 29.2 Å². The molecule has 0 spiro atoms. The minimum absolute atomic E-state index is 0.0158. The molecule has 0 amide bonds. The third-order valence-electron chi connectivity index (χ3n) is 8.00. The zero-order chi connectivity index (χ0) is 29.5. The van der Waals surface area contributed by atoms with Crippen LogP contribution in [0.4, 0.5) is 4.39 Å². The number of fused-ring (bicyclic) bond motifs is 2. The van der Waals surface area contributed by atoms with Crippen LogP contribution in [-0.4, -0.2) is 49.8 Å². The first-order chi connectivity index (χ1) is 19.4. The van der Waals surface area contributed by atoms with Gasteiger partial charge in [-0.25, -0.2) is 4.39 Å². The van der Waals surface area contributed by atoms with E-state index in [1.54, 1.807) is 12.1 Å². The summed E-state index contributed by atoms with van der Waals surface area (Å²) in [4.78, 5) is 13.3. The lowest BCUT2D eigenvalue weighted by Crippen LogP contribution is -2.33. The van der Waals surface area contributed by atoms with E-state index in [0.717, 1.165) is 45.7 Å². The fourth-order valence-electron chi connectivity index (χ4n) is 6.51. The molecule has 0 saturated heterocycles. The first-order valence-corrected chi connectivity index (χ1v) is 14.3. The van der Waals surface area contributed by atoms with Gasteiger partial charge in [0.15, 0.2) is 0 Å². The van der Waals surface area contributed by atoms with E-state index in [4.69, 9.17) is 14.2 Å². The number of carboxylic acid groups (broad SMARTS) is 1. The van der Waals surface area contributed by atoms with Gasteiger partial charge >= 0.3 is 5.97 Å². The van der Waals surface area contributed by atoms with Gasteiger partial charge in [-0.2, -0.15) is 0 Å². The summed E-state index contributed by atoms with van der Waals surface area (Å²) in [5.74, 6) is 0.797. The molecule has 2 atom stereocenters. The second-order valence-electron chi connectivity index (χ2n) is 12.6. The number of benzene rings is 3. The molecule has 1 aliphatic carbocycles. The minimum Gasteiger partial charge on any atom is -0.493 e. The molecule has 0 saturated carbocycles. The number of aliphatic carboxylic acids is 1. The molecule has 0 unspecified atom stereocenters. The van der Waals surface area contributed by atoms with Crippen LogP contribution in [0.15, 0.2) is 42.5 Å². The molecular weight excluding hydrogens is 521 g/mol. The lowest BCUT2D eigenvalue weighted by molar-refractivity contribution is -0.137. The van der Waals surface area contributed by atoms with Crippen molar-refractivity contribution in [3.05, 3.63) is 76.1 Å². The van der Waals surface area contributed by atoms with Crippen molar-refractivity contribution in [3.8, 4) is 28.4 Å². The van der Waals surface area contributed by atoms with Crippen molar-refractivity contribution < 1.29 is 28.5 Å². The van der Waals surface area contributed by atoms with Crippen LogP contribution >= 0.6 is 0 Å². The quantitative estimate of drug-likeness (QED) is 0.285. The van der Waals surface area contributed by atoms with Crippen molar-refractivity contribution in [1.82, 2.24) is 4.90 Å². The number of rotatable bonds is 10. The SMILES string of the molecule is Cc1cc(OCC(C)(C)CN(C)C)cc(C)c1-c1ccc(F)c2c1CC[C@H]2Oc1ccc2c(c1)OC[C@H]2CC(=O)O. The minimum atomic E-state index is -0.850. The Balaban J connectivity index is 1.38. The van der Waals surface area contributed by atoms with E-state index in [-0.39, 0.29) is 23.6 Å². The fraction of sp³-hybridized carbons (Fsp3) is 0.441. The van der Waals surface area contributed by atoms with Crippen LogP contribution in [0.25, 0.3) is 11.1 Å². The molecule has 1 aliphatic heterocycles. The van der Waals surface area contributed by atoms with Crippen molar-refractivity contribution in [1.29, 1.82) is 0 Å². The number of hydrogen-bond donors (Lipinski definition) is 1. The summed E-state index contributed by atoms with van der Waals surface area (Å²) >= 11 is 0. The van der Waals surface area contributed by atoms with E-state index < -0.39 is 12.1 Å². The summed E-state index contributed by atoms with van der Waals surface area (Å²) in [6.07, 6.45) is 0.993. The van der Waals surface area contributed by atoms with Crippen LogP contribution in [0.1, 0.15) is 66.5 Å². The molecule has 1 heterocycles. The Kier molecular flexibility index (Phi) is 8.02. The van der Waals surface area contributed by atoms with Crippen LogP contribution in [0.5, 0.6) is 17.2 Å². The molecule has 3 aromatic carbocycles. The summed E-state index contributed by atoms with van der Waals surface area (Å²) in [6.45, 7) is 10.5. The fourth-order valence-corrected chi connectivity index (χ4v) is 6.51. The number of nitrogens with zero attached hydrogens (tertiary/aromatic N) is 1. The zero-order valence-electron chi connectivity index (χ0n) is 24.8. The average Bonchev–Trinajstić information content (AvgIpc) is 3.47. The predicted molar refractivity (Wildman–Crippen MR) is 158 cm³/mol. The number of ether oxygens (including phenoxy) is 3. The molecule has 2 aliphatic rings. The van der Waals surface area contributed by atoms with E-state index in [9.17, 15) is 9.90 Å². The van der Waals surface area contributed by atoms with Crippen molar-refractivity contribution in [2.45, 2.75) is 59.0 Å². The van der Waals surface area contributed by atoms with Gasteiger partial charge in [0, 0.05) is 35.1 Å². The van der Waals surface area contributed by atoms with Crippen LogP contribution in [0, 0.1) is 25.1 Å². The molecular formula is C34H40FNO5. The molecule has 0 bridgehead atoms. The molecule has 1 N–H and O–H groups in total. The van der Waals surface area contributed by atoms with E-state index in [1.807, 2.05) is 18.2 Å². The normalized spacial score (nSPS) is 17.8. The lowest BCUT2D eigenvalue weighted by atomic mass is 9.90. The summed E-state index contributed by atoms with van der Waals surface area (Å²) in [5.41, 5.74) is 6.82. The van der Waals surface area contributed by atoms with Crippen molar-refractivity contribution >= 4 is 5.97 Å². The molecule has 0 fully saturated rings. The number of aryl methyl sites for hydroxylation is 2. The van der Waals surface area contributed by atoms with Crippen molar-refractivity contribution in [2.24, 2.45) is 5.41 Å². The topological polar surface area (TPSA) is 68.2 Å². The second-order valence-corrected chi connectivity index (χ2v) is 12.6. The van der Waals surface area contributed by atoms with Gasteiger partial charge in [-0.1, -0.05) is 26.0 Å². The highest BCUT2D eigenvalue weighted by Crippen LogP contribution is 2.45. The highest BCUT2D eigenvalue weighted by Gasteiger charge is 2.32. The van der Waals surface area contributed by atoms with E-state index >= 15 is 4.39 Å². The molecule has 218 valence electrons. The van der Waals surface area contributed by atoms with E-state index in [1.165, 1.54) is 0 Å². The first kappa shape index (κ1) is 28.9. The van der Waals surface area contributed by atoms with Gasteiger partial charge in [0.2, 0.25) is 0 Å². The van der Waals surface area contributed by atoms with Gasteiger partial charge in [-0.15, -0.1) is 0 Å². The standard InChI is InChI=1S/C34H40FNO5/c1-20-13-24(40-19-34(3,4)18-36(5)6)14-21(2)32(20)26-9-11-28(35)33-27(26)10-12-29(33)41-23-7-8-25-22(15-31(37)38)17-39-30(25)16-23/h7-9,11,13-14,16,22,29H,10,12,15,17-19H2,1-6H3,(H,37,38)/t22-,29-/m1/s1. The zero-order valence-corrected chi connectivity index (χ0v) is 24.8. The van der Waals surface area contributed by atoms with E-state index in [0.29, 0.717) is 43.1 Å². The average molecular weight is 562 g/mol. The second kappa shape index (κ2) is 11.4. The largest absolute Gasteiger partial charge is 0.493 e. The Labute approximate surface area is 242 Å². The Hall–Kier alpha value is -3.58. The molecule has 6 nitrogen and oxygen atoms in total. The maximum Gasteiger partial charge on any atom is 0.304 e. The number of hydrogen-bond acceptors (Lipinski definition) is 5. The third-order valence-corrected chi connectivity index (χ3v) is 8.00. The van der Waals surface area contributed by atoms with Crippen LogP contribution in [-0.2, 0) is 11.2 Å². The molecule has 41 heavy (non-hydrogen) atoms. The first-order valence-electron chi connectivity index (χ1n) is 14.3. The van der Waals surface area contributed by atoms with Gasteiger partial charge in [-0.05, 0) is 92.9 Å². The van der Waals surface area contributed by atoms with E-state index in [2.05, 4.69) is 58.8 Å². The number of carbonyl (C=O) groups is 1. The summed E-state index contributed by atoms with van der Waals surface area (Å²) in [6, 6.07) is 13.1. The molecule has 3 aromatic rings.